The first kappa shape index (κ1) is 18.4. The normalized spacial score (nSPS) is 7.64. The van der Waals surface area contributed by atoms with Crippen molar-refractivity contribution in [3.63, 3.8) is 0 Å². The van der Waals surface area contributed by atoms with Crippen LogP contribution in [0.1, 0.15) is 27.7 Å². The summed E-state index contributed by atoms with van der Waals surface area (Å²) in [5.74, 6) is 0. The van der Waals surface area contributed by atoms with Crippen LogP contribution in [0.3, 0.4) is 0 Å². The number of rotatable bonds is 4. The minimum absolute atomic E-state index is 0. The fourth-order valence-electron chi connectivity index (χ4n) is 0.500. The molecule has 0 unspecified atom stereocenters. The molecule has 0 amide bonds. The Labute approximate surface area is 91.8 Å². The molecule has 0 aliphatic heterocycles. The Bertz CT molecular complexity index is 33.1. The first-order chi connectivity index (χ1) is 4.83. The Kier molecular flexibility index (Phi) is 37.7. The van der Waals surface area contributed by atoms with Crippen molar-refractivity contribution in [2.24, 2.45) is 0 Å². The number of hydrogen-bond donors (Lipinski definition) is 0. The van der Waals surface area contributed by atoms with E-state index in [9.17, 15) is 0 Å². The van der Waals surface area contributed by atoms with Crippen molar-refractivity contribution in [2.45, 2.75) is 27.7 Å². The molecule has 0 fully saturated rings. The summed E-state index contributed by atoms with van der Waals surface area (Å²) in [4.78, 5) is 0. The Morgan fingerprint density at radius 1 is 0.636 bits per heavy atom. The fourth-order valence-corrected chi connectivity index (χ4v) is 1.50. The van der Waals surface area contributed by atoms with Gasteiger partial charge in [0.25, 0.3) is 0 Å². The smallest absolute Gasteiger partial charge is 0 e. The van der Waals surface area contributed by atoms with E-state index in [0.717, 1.165) is 0 Å². The van der Waals surface area contributed by atoms with Crippen molar-refractivity contribution in [1.82, 2.24) is 0 Å². The van der Waals surface area contributed by atoms with Crippen LogP contribution in [0.5, 0.6) is 0 Å². The molecule has 0 saturated carbocycles. The van der Waals surface area contributed by atoms with E-state index < -0.39 is 0 Å². The van der Waals surface area contributed by atoms with Gasteiger partial charge in [0.2, 0.25) is 0 Å². The van der Waals surface area contributed by atoms with Gasteiger partial charge in [0, 0.05) is 22.4 Å². The standard InChI is InChI=1S/2C4H11P.Ta/c2*1-3-5-4-2;/h2*5H,3-4H2,1-2H3;. The van der Waals surface area contributed by atoms with Gasteiger partial charge in [-0.3, -0.25) is 0 Å². The zero-order valence-corrected chi connectivity index (χ0v) is 13.5. The quantitative estimate of drug-likeness (QED) is 0.674. The van der Waals surface area contributed by atoms with Crippen molar-refractivity contribution in [3.8, 4) is 0 Å². The van der Waals surface area contributed by atoms with Crippen LogP contribution in [0.4, 0.5) is 0 Å². The van der Waals surface area contributed by atoms with Gasteiger partial charge in [-0.05, 0) is 24.6 Å². The third-order valence-corrected chi connectivity index (χ3v) is 3.00. The van der Waals surface area contributed by atoms with Gasteiger partial charge in [-0.15, -0.1) is 17.2 Å². The van der Waals surface area contributed by atoms with Crippen LogP contribution < -0.4 is 0 Å². The first-order valence-corrected chi connectivity index (χ1v) is 7.07. The summed E-state index contributed by atoms with van der Waals surface area (Å²) in [7, 11) is 2.40. The summed E-state index contributed by atoms with van der Waals surface area (Å²) in [6.45, 7) is 8.90. The summed E-state index contributed by atoms with van der Waals surface area (Å²) in [6, 6.07) is 0. The Balaban J connectivity index is -0.000000107. The SMILES string of the molecule is CCPCC.CCPCC.[Ta]. The van der Waals surface area contributed by atoms with Crippen molar-refractivity contribution in [1.29, 1.82) is 0 Å². The van der Waals surface area contributed by atoms with Crippen LogP contribution in [0.15, 0.2) is 0 Å². The Morgan fingerprint density at radius 2 is 0.818 bits per heavy atom. The molecule has 0 aliphatic rings. The molecule has 0 saturated heterocycles. The molecule has 0 heterocycles. The van der Waals surface area contributed by atoms with Gasteiger partial charge in [-0.2, -0.15) is 0 Å². The maximum absolute atomic E-state index is 2.22. The van der Waals surface area contributed by atoms with Gasteiger partial charge in [-0.25, -0.2) is 0 Å². The van der Waals surface area contributed by atoms with Crippen molar-refractivity contribution >= 4 is 17.2 Å². The van der Waals surface area contributed by atoms with Gasteiger partial charge in [0.1, 0.15) is 0 Å². The van der Waals surface area contributed by atoms with Crippen molar-refractivity contribution < 1.29 is 22.4 Å². The van der Waals surface area contributed by atoms with E-state index >= 15 is 0 Å². The summed E-state index contributed by atoms with van der Waals surface area (Å²) in [5, 5.41) is 0. The zero-order valence-electron chi connectivity index (χ0n) is 8.28. The topological polar surface area (TPSA) is 0 Å². The average Bonchev–Trinajstić information content (AvgIpc) is 1.93. The van der Waals surface area contributed by atoms with E-state index in [2.05, 4.69) is 27.7 Å². The predicted octanol–water partition coefficient (Wildman–Crippen LogP) is 3.41. The van der Waals surface area contributed by atoms with Gasteiger partial charge >= 0.3 is 0 Å². The molecule has 3 heteroatoms. The first-order valence-electron chi connectivity index (χ1n) is 4.24. The van der Waals surface area contributed by atoms with Gasteiger partial charge in [-0.1, -0.05) is 27.7 Å². The van der Waals surface area contributed by atoms with E-state index in [1.165, 1.54) is 41.8 Å². The molecule has 69 valence electrons. The molecule has 0 aromatic carbocycles. The van der Waals surface area contributed by atoms with E-state index in [-0.39, 0.29) is 22.4 Å². The monoisotopic (exact) mass is 361 g/mol. The average molecular weight is 361 g/mol. The minimum Gasteiger partial charge on any atom is -0.123 e. The van der Waals surface area contributed by atoms with Crippen molar-refractivity contribution in [2.75, 3.05) is 24.6 Å². The molecule has 0 spiro atoms. The molecule has 0 rings (SSSR count). The van der Waals surface area contributed by atoms with E-state index in [1.807, 2.05) is 0 Å². The third-order valence-electron chi connectivity index (χ3n) is 1.000. The molecular weight excluding hydrogens is 339 g/mol. The maximum atomic E-state index is 2.22. The summed E-state index contributed by atoms with van der Waals surface area (Å²) in [5.41, 5.74) is 0. The number of hydrogen-bond acceptors (Lipinski definition) is 0. The second-order valence-corrected chi connectivity index (χ2v) is 5.74. The molecule has 0 N–H and O–H groups in total. The molecule has 11 heavy (non-hydrogen) atoms. The molecule has 0 atom stereocenters. The fraction of sp³-hybridized carbons (Fsp3) is 1.00. The molecule has 0 aliphatic carbocycles. The summed E-state index contributed by atoms with van der Waals surface area (Å²) >= 11 is 0. The third kappa shape index (κ3) is 34.1. The molecular formula is C8H22P2Ta. The largest absolute Gasteiger partial charge is 0.123 e. The second-order valence-electron chi connectivity index (χ2n) is 1.91. The van der Waals surface area contributed by atoms with Gasteiger partial charge < -0.3 is 0 Å². The Morgan fingerprint density at radius 3 is 0.818 bits per heavy atom. The van der Waals surface area contributed by atoms with Crippen LogP contribution in [-0.2, 0) is 22.4 Å². The minimum atomic E-state index is 0. The van der Waals surface area contributed by atoms with Gasteiger partial charge in [0.15, 0.2) is 0 Å². The molecule has 0 bridgehead atoms. The van der Waals surface area contributed by atoms with E-state index in [4.69, 9.17) is 0 Å². The van der Waals surface area contributed by atoms with Crippen LogP contribution in [0.2, 0.25) is 0 Å². The van der Waals surface area contributed by atoms with Crippen LogP contribution in [-0.4, -0.2) is 24.6 Å². The maximum Gasteiger partial charge on any atom is 0 e. The van der Waals surface area contributed by atoms with E-state index in [0.29, 0.717) is 0 Å². The molecule has 0 aromatic rings. The van der Waals surface area contributed by atoms with E-state index in [1.54, 1.807) is 0 Å². The second kappa shape index (κ2) is 22.6. The molecule has 0 aromatic heterocycles. The summed E-state index contributed by atoms with van der Waals surface area (Å²) < 4.78 is 0. The predicted molar refractivity (Wildman–Crippen MR) is 58.8 cm³/mol. The van der Waals surface area contributed by atoms with Crippen LogP contribution in [0.25, 0.3) is 0 Å². The summed E-state index contributed by atoms with van der Waals surface area (Å²) in [6.07, 6.45) is 5.49. The van der Waals surface area contributed by atoms with Crippen LogP contribution in [0, 0.1) is 0 Å². The Hall–Kier alpha value is 1.60. The van der Waals surface area contributed by atoms with Crippen molar-refractivity contribution in [3.05, 3.63) is 0 Å². The zero-order chi connectivity index (χ0) is 8.24. The van der Waals surface area contributed by atoms with Crippen LogP contribution >= 0.6 is 17.2 Å². The molecule has 0 nitrogen and oxygen atoms in total. The van der Waals surface area contributed by atoms with Gasteiger partial charge in [0.05, 0.1) is 0 Å². The molecule has 1 radical (unpaired) electrons.